The lowest BCUT2D eigenvalue weighted by Gasteiger charge is -2.43. The Morgan fingerprint density at radius 3 is 1.34 bits per heavy atom. The van der Waals surface area contributed by atoms with E-state index in [0.29, 0.717) is 63.2 Å². The Bertz CT molecular complexity index is 4360. The van der Waals surface area contributed by atoms with Crippen LogP contribution in [0.5, 0.6) is 0 Å². The van der Waals surface area contributed by atoms with Crippen molar-refractivity contribution in [2.45, 2.75) is 130 Å². The number of rotatable bonds is 21. The van der Waals surface area contributed by atoms with Crippen LogP contribution >= 0.6 is 0 Å². The molecule has 0 unspecified atom stereocenters. The molecule has 574 valence electrons. The molecule has 0 bridgehead atoms. The number of aromatic nitrogens is 6. The third-order valence-electron chi connectivity index (χ3n) is 19.3. The van der Waals surface area contributed by atoms with Crippen molar-refractivity contribution in [3.63, 3.8) is 0 Å². The largest absolute Gasteiger partial charge is 0.483 e. The maximum Gasteiger partial charge on any atom is 0.290 e. The van der Waals surface area contributed by atoms with Crippen LogP contribution in [0.4, 0.5) is 26.3 Å². The van der Waals surface area contributed by atoms with Crippen LogP contribution in [0.3, 0.4) is 0 Å². The number of nitrogens with zero attached hydrogens (tertiary/aromatic N) is 9. The molecule has 7 fully saturated rings. The van der Waals surface area contributed by atoms with E-state index >= 15 is 0 Å². The number of carbonyl (C=O) groups is 4. The molecular weight excluding hydrogens is 1420 g/mol. The molecular formula is C79H90F6N12O10S. The Morgan fingerprint density at radius 2 is 0.954 bits per heavy atom. The van der Waals surface area contributed by atoms with E-state index in [2.05, 4.69) is 109 Å². The van der Waals surface area contributed by atoms with Crippen LogP contribution in [0.15, 0.2) is 182 Å². The third kappa shape index (κ3) is 23.1. The summed E-state index contributed by atoms with van der Waals surface area (Å²) in [5.41, 5.74) is 20.4. The molecule has 22 nitrogen and oxygen atoms in total. The quantitative estimate of drug-likeness (QED) is 0.0169. The number of likely N-dealkylation sites (tertiary alicyclic amines) is 4. The predicted molar refractivity (Wildman–Crippen MR) is 391 cm³/mol. The smallest absolute Gasteiger partial charge is 0.290 e. The van der Waals surface area contributed by atoms with Crippen molar-refractivity contribution in [1.82, 2.24) is 49.4 Å². The van der Waals surface area contributed by atoms with Crippen LogP contribution in [0, 0.1) is 34.9 Å². The van der Waals surface area contributed by atoms with E-state index in [-0.39, 0.29) is 97.9 Å². The molecule has 4 saturated heterocycles. The predicted octanol–water partition coefficient (Wildman–Crippen LogP) is 10.6. The number of H-pyrrole nitrogens is 1. The van der Waals surface area contributed by atoms with Crippen LogP contribution < -0.4 is 11.5 Å². The molecule has 7 heterocycles. The van der Waals surface area contributed by atoms with Crippen molar-refractivity contribution < 1.29 is 73.4 Å². The molecule has 7 aliphatic rings. The van der Waals surface area contributed by atoms with Gasteiger partial charge in [-0.2, -0.15) is 23.7 Å². The van der Waals surface area contributed by atoms with E-state index in [1.165, 1.54) is 72.2 Å². The maximum atomic E-state index is 13.7. The zero-order valence-electron chi connectivity index (χ0n) is 59.6. The topological polar surface area (TPSA) is 302 Å². The Kier molecular flexibility index (Phi) is 28.6. The molecule has 6 aromatic carbocycles. The number of nitrogens with two attached hydrogens (primary N) is 2. The molecule has 2 amide bonds. The minimum absolute atomic E-state index is 0.0254. The number of β-amino-alcohol motifs (C(OH)–C–C–N with tert-alkyl or cyclic N) is 1. The summed E-state index contributed by atoms with van der Waals surface area (Å²) in [5, 5.41) is 39.1. The lowest BCUT2D eigenvalue weighted by molar-refractivity contribution is -0.138. The highest BCUT2D eigenvalue weighted by molar-refractivity contribution is 7.86. The summed E-state index contributed by atoms with van der Waals surface area (Å²) in [6, 6.07) is 49.6. The van der Waals surface area contributed by atoms with Gasteiger partial charge in [-0.15, -0.1) is 0 Å². The molecule has 16 rings (SSSR count). The van der Waals surface area contributed by atoms with Crippen LogP contribution in [0.2, 0.25) is 0 Å². The first-order valence-corrected chi connectivity index (χ1v) is 37.6. The molecule has 0 spiro atoms. The van der Waals surface area contributed by atoms with E-state index < -0.39 is 57.1 Å². The molecule has 9 aromatic rings. The van der Waals surface area contributed by atoms with Crippen molar-refractivity contribution in [3.8, 4) is 0 Å². The number of halogens is 6. The Balaban J connectivity index is 0.000000146. The van der Waals surface area contributed by atoms with Crippen LogP contribution in [-0.4, -0.2) is 181 Å². The number of carboxylic acid groups (broad SMARTS) is 2. The number of benzene rings is 6. The molecule has 108 heavy (non-hydrogen) atoms. The van der Waals surface area contributed by atoms with E-state index in [4.69, 9.17) is 35.5 Å². The van der Waals surface area contributed by atoms with Crippen LogP contribution in [0.1, 0.15) is 144 Å². The third-order valence-corrected chi connectivity index (χ3v) is 19.9. The van der Waals surface area contributed by atoms with Gasteiger partial charge in [0.2, 0.25) is 11.8 Å². The second-order valence-electron chi connectivity index (χ2n) is 27.9. The number of aliphatic hydroxyl groups excluding tert-OH is 1. The Hall–Kier alpha value is -9.88. The number of nitrogens with one attached hydrogen (secondary N) is 1. The Labute approximate surface area is 623 Å². The van der Waals surface area contributed by atoms with Gasteiger partial charge in [-0.3, -0.25) is 47.6 Å². The average Bonchev–Trinajstić information content (AvgIpc) is 1.04. The highest BCUT2D eigenvalue weighted by Gasteiger charge is 2.40. The molecule has 3 aliphatic carbocycles. The summed E-state index contributed by atoms with van der Waals surface area (Å²) in [5.74, 6) is -4.68. The van der Waals surface area contributed by atoms with Crippen LogP contribution in [-0.2, 0) is 46.3 Å². The number of aromatic amines is 1. The highest BCUT2D eigenvalue weighted by Crippen LogP contribution is 2.43. The summed E-state index contributed by atoms with van der Waals surface area (Å²) in [6.45, 7) is 4.53. The van der Waals surface area contributed by atoms with E-state index in [9.17, 15) is 49.5 Å². The van der Waals surface area contributed by atoms with Gasteiger partial charge in [0.25, 0.3) is 23.1 Å². The van der Waals surface area contributed by atoms with Gasteiger partial charge in [0.15, 0.2) is 23.3 Å². The van der Waals surface area contributed by atoms with Gasteiger partial charge >= 0.3 is 0 Å². The summed E-state index contributed by atoms with van der Waals surface area (Å²) in [7, 11) is -3.39. The van der Waals surface area contributed by atoms with Crippen molar-refractivity contribution in [1.29, 1.82) is 0 Å². The molecule has 8 N–H and O–H groups in total. The molecule has 3 saturated carbocycles. The zero-order valence-corrected chi connectivity index (χ0v) is 60.4. The minimum Gasteiger partial charge on any atom is -0.483 e. The highest BCUT2D eigenvalue weighted by atomic mass is 32.2. The van der Waals surface area contributed by atoms with Gasteiger partial charge in [-0.1, -0.05) is 121 Å². The fourth-order valence-electron chi connectivity index (χ4n) is 13.3. The molecule has 2 atom stereocenters. The molecule has 0 radical (unpaired) electrons. The Morgan fingerprint density at radius 1 is 0.546 bits per heavy atom. The molecule has 4 aliphatic heterocycles. The van der Waals surface area contributed by atoms with Gasteiger partial charge in [0.05, 0.1) is 42.2 Å². The first-order chi connectivity index (χ1) is 52.0. The number of hydrogen-bond donors (Lipinski definition) is 6. The van der Waals surface area contributed by atoms with Crippen molar-refractivity contribution in [2.75, 3.05) is 58.6 Å². The summed E-state index contributed by atoms with van der Waals surface area (Å²) in [6.07, 6.45) is 13.7. The number of carbonyl (C=O) groups excluding carboxylic acids is 2. The minimum atomic E-state index is -3.39. The maximum absolute atomic E-state index is 13.7. The monoisotopic (exact) mass is 1510 g/mol. The van der Waals surface area contributed by atoms with E-state index in [1.807, 2.05) is 82.4 Å². The average molecular weight is 1510 g/mol. The van der Waals surface area contributed by atoms with Gasteiger partial charge in [0.1, 0.15) is 17.7 Å². The SMILES string of the molecule is CS(=O)(=O)OC1CN(C(c2ccccc2)c2ccccc2)C1.N[C@@H](CC(=O)N1CC(n2ccc(C3CC3)n2)C1)Cc1cc(F)c(F)cc1F.N[C@@H](CC(=O)N1CC(n2nccc2C2CC2)C1)Cc1cc(F)c(F)cc1F.O=CO.O=CO.OC1CN(C(c2ccccc2)c2ccccc2)C1.c1cc(C2CC2)[nH]n1. The standard InChI is InChI=1S/2C19H21F3N4O.C17H19NO3S.C16H17NO.C6H8N2.2CH2O2/c20-15-8-17(22)16(21)6-12(15)5-13(23)7-19(27)25-9-14(10-25)26-4-3-18(24-26)11-1-2-11;20-15-8-17(22)16(21)6-12(15)5-13(23)7-19(27)25-9-14(10-25)26-18(3-4-24-26)11-1-2-11;1-22(19,20)21-16-12-18(13-16)17(14-8-4-2-5-9-14)15-10-6-3-7-11-15;18-15-11-17(12-15)16(13-7-3-1-4-8-13)14-9-5-2-6-10-14;1-2-5(1)6-3-4-7-8-6;2*2-1-3/h2*3-4,6,8,11,13-14H,1-2,5,7,9-10,23H2;2-11,16-17H,12-13H2,1H3;1-10,15-16,18H,11-12H2;3-5H,1-2H2,(H,7,8);2*1H,(H,2,3)/t2*13-;;;;;/m11...../s1. The van der Waals surface area contributed by atoms with Gasteiger partial charge in [-0.25, -0.2) is 26.3 Å². The second kappa shape index (κ2) is 38.3. The fraction of sp³-hybridized carbons (Fsp3) is 0.380. The van der Waals surface area contributed by atoms with Crippen LogP contribution in [0.25, 0.3) is 0 Å². The van der Waals surface area contributed by atoms with Crippen molar-refractivity contribution in [3.05, 3.63) is 268 Å². The second-order valence-corrected chi connectivity index (χ2v) is 29.5. The van der Waals surface area contributed by atoms with Crippen molar-refractivity contribution in [2.24, 2.45) is 11.5 Å². The fourth-order valence-corrected chi connectivity index (χ4v) is 13.9. The lowest BCUT2D eigenvalue weighted by Crippen LogP contribution is -2.54. The first-order valence-electron chi connectivity index (χ1n) is 35.8. The van der Waals surface area contributed by atoms with E-state index in [1.54, 1.807) is 16.0 Å². The zero-order chi connectivity index (χ0) is 77.0. The van der Waals surface area contributed by atoms with Gasteiger partial charge in [-0.05, 0) is 115 Å². The molecule has 3 aromatic heterocycles. The summed E-state index contributed by atoms with van der Waals surface area (Å²) in [4.78, 5) is 49.3. The first kappa shape index (κ1) is 80.7. The lowest BCUT2D eigenvalue weighted by atomic mass is 9.94. The number of hydrogen-bond acceptors (Lipinski definition) is 15. The summed E-state index contributed by atoms with van der Waals surface area (Å²) < 4.78 is 111. The van der Waals surface area contributed by atoms with Gasteiger partial charge in [0, 0.05) is 137 Å². The van der Waals surface area contributed by atoms with E-state index in [0.717, 1.165) is 43.1 Å². The number of aliphatic hydroxyl groups is 1. The molecule has 29 heteroatoms. The summed E-state index contributed by atoms with van der Waals surface area (Å²) >= 11 is 0. The van der Waals surface area contributed by atoms with Gasteiger partial charge < -0.3 is 36.6 Å². The normalized spacial score (nSPS) is 17.0. The van der Waals surface area contributed by atoms with Crippen molar-refractivity contribution >= 4 is 34.9 Å². The number of amides is 2.